The standard InChI is InChI=1S/C24H37N5O4/c1-3-4-6-19(17-28(33)18-30)24(32)29-12-5-7-22(29)23(31)25-20-8-10-21(11-9-20)27-15-13-26(2)14-16-27/h8-11,18-19,22,33H,3-7,12-17H2,1-2H3,(H,25,31)/t19-,22+/m1/s1. The number of hydroxylamine groups is 2. The van der Waals surface area contributed by atoms with E-state index in [1.165, 1.54) is 0 Å². The first kappa shape index (κ1) is 25.0. The van der Waals surface area contributed by atoms with Crippen molar-refractivity contribution in [1.29, 1.82) is 0 Å². The first-order valence-electron chi connectivity index (χ1n) is 12.0. The maximum atomic E-state index is 13.2. The Hall–Kier alpha value is -2.65. The molecule has 2 fully saturated rings. The number of carbonyl (C=O) groups is 3. The number of nitrogens with one attached hydrogen (secondary N) is 1. The molecule has 0 aromatic heterocycles. The Kier molecular flexibility index (Phi) is 9.08. The van der Waals surface area contributed by atoms with Crippen LogP contribution in [0.2, 0.25) is 0 Å². The lowest BCUT2D eigenvalue weighted by Gasteiger charge is -2.34. The van der Waals surface area contributed by atoms with Crippen LogP contribution in [0.25, 0.3) is 0 Å². The summed E-state index contributed by atoms with van der Waals surface area (Å²) in [6.45, 7) is 6.51. The predicted octanol–water partition coefficient (Wildman–Crippen LogP) is 2.02. The fraction of sp³-hybridized carbons (Fsp3) is 0.625. The number of rotatable bonds is 10. The summed E-state index contributed by atoms with van der Waals surface area (Å²) in [6.07, 6.45) is 3.96. The summed E-state index contributed by atoms with van der Waals surface area (Å²) < 4.78 is 0. The number of amides is 3. The number of benzene rings is 1. The van der Waals surface area contributed by atoms with Crippen molar-refractivity contribution < 1.29 is 19.6 Å². The number of anilines is 2. The van der Waals surface area contributed by atoms with Gasteiger partial charge in [0.1, 0.15) is 6.04 Å². The van der Waals surface area contributed by atoms with Crippen molar-refractivity contribution in [1.82, 2.24) is 14.9 Å². The van der Waals surface area contributed by atoms with E-state index < -0.39 is 12.0 Å². The van der Waals surface area contributed by atoms with Gasteiger partial charge in [-0.1, -0.05) is 19.8 Å². The van der Waals surface area contributed by atoms with Gasteiger partial charge >= 0.3 is 0 Å². The Morgan fingerprint density at radius 3 is 2.52 bits per heavy atom. The monoisotopic (exact) mass is 459 g/mol. The van der Waals surface area contributed by atoms with E-state index in [2.05, 4.69) is 22.2 Å². The Morgan fingerprint density at radius 2 is 1.88 bits per heavy atom. The van der Waals surface area contributed by atoms with Crippen LogP contribution in [0.5, 0.6) is 0 Å². The third kappa shape index (κ3) is 6.68. The average Bonchev–Trinajstić information content (AvgIpc) is 3.32. The maximum absolute atomic E-state index is 13.2. The number of hydrogen-bond donors (Lipinski definition) is 2. The van der Waals surface area contributed by atoms with Crippen molar-refractivity contribution >= 4 is 29.6 Å². The molecule has 2 N–H and O–H groups in total. The molecular weight excluding hydrogens is 422 g/mol. The smallest absolute Gasteiger partial charge is 0.247 e. The van der Waals surface area contributed by atoms with E-state index >= 15 is 0 Å². The third-order valence-electron chi connectivity index (χ3n) is 6.63. The van der Waals surface area contributed by atoms with Crippen LogP contribution in [-0.2, 0) is 14.4 Å². The van der Waals surface area contributed by atoms with Gasteiger partial charge in [-0.3, -0.25) is 19.6 Å². The van der Waals surface area contributed by atoms with E-state index in [0.29, 0.717) is 36.5 Å². The second-order valence-corrected chi connectivity index (χ2v) is 9.08. The van der Waals surface area contributed by atoms with Crippen molar-refractivity contribution in [3.05, 3.63) is 24.3 Å². The van der Waals surface area contributed by atoms with Gasteiger partial charge in [0.25, 0.3) is 0 Å². The number of carbonyl (C=O) groups excluding carboxylic acids is 3. The zero-order chi connectivity index (χ0) is 23.8. The van der Waals surface area contributed by atoms with Gasteiger partial charge in [-0.25, -0.2) is 5.06 Å². The molecule has 2 heterocycles. The van der Waals surface area contributed by atoms with Crippen LogP contribution in [0.1, 0.15) is 39.0 Å². The van der Waals surface area contributed by atoms with Crippen LogP contribution < -0.4 is 10.2 Å². The minimum absolute atomic E-state index is 0.0546. The number of hydrogen-bond acceptors (Lipinski definition) is 6. The lowest BCUT2D eigenvalue weighted by Crippen LogP contribution is -2.47. The van der Waals surface area contributed by atoms with Gasteiger partial charge < -0.3 is 20.0 Å². The summed E-state index contributed by atoms with van der Waals surface area (Å²) in [5, 5.41) is 13.1. The Labute approximate surface area is 196 Å². The van der Waals surface area contributed by atoms with Crippen LogP contribution in [0.4, 0.5) is 11.4 Å². The molecule has 0 aliphatic carbocycles. The van der Waals surface area contributed by atoms with Crippen molar-refractivity contribution in [3.63, 3.8) is 0 Å². The van der Waals surface area contributed by atoms with Gasteiger partial charge in [-0.05, 0) is 50.6 Å². The molecule has 2 aliphatic heterocycles. The minimum Gasteiger partial charge on any atom is -0.369 e. The number of nitrogens with zero attached hydrogens (tertiary/aromatic N) is 4. The fourth-order valence-electron chi connectivity index (χ4n) is 4.60. The highest BCUT2D eigenvalue weighted by Crippen LogP contribution is 2.25. The molecule has 9 nitrogen and oxygen atoms in total. The lowest BCUT2D eigenvalue weighted by molar-refractivity contribution is -0.157. The topological polar surface area (TPSA) is 96.4 Å². The van der Waals surface area contributed by atoms with Crippen LogP contribution in [0.15, 0.2) is 24.3 Å². The van der Waals surface area contributed by atoms with Crippen LogP contribution >= 0.6 is 0 Å². The summed E-state index contributed by atoms with van der Waals surface area (Å²) >= 11 is 0. The number of unbranched alkanes of at least 4 members (excludes halogenated alkanes) is 1. The third-order valence-corrected chi connectivity index (χ3v) is 6.63. The van der Waals surface area contributed by atoms with E-state index in [1.807, 2.05) is 31.2 Å². The zero-order valence-corrected chi connectivity index (χ0v) is 19.8. The van der Waals surface area contributed by atoms with E-state index in [-0.39, 0.29) is 18.4 Å². The summed E-state index contributed by atoms with van der Waals surface area (Å²) in [6, 6.07) is 7.32. The van der Waals surface area contributed by atoms with Crippen LogP contribution in [0.3, 0.4) is 0 Å². The molecule has 0 saturated carbocycles. The number of likely N-dealkylation sites (N-methyl/N-ethyl adjacent to an activating group) is 1. The van der Waals surface area contributed by atoms with Gasteiger partial charge in [0.05, 0.1) is 12.5 Å². The molecule has 0 bridgehead atoms. The highest BCUT2D eigenvalue weighted by Gasteiger charge is 2.37. The summed E-state index contributed by atoms with van der Waals surface area (Å²) in [4.78, 5) is 43.3. The van der Waals surface area contributed by atoms with Crippen LogP contribution in [-0.4, -0.2) is 90.7 Å². The normalized spacial score (nSPS) is 19.9. The largest absolute Gasteiger partial charge is 0.369 e. The van der Waals surface area contributed by atoms with Gasteiger partial charge in [0, 0.05) is 44.1 Å². The fourth-order valence-corrected chi connectivity index (χ4v) is 4.60. The van der Waals surface area contributed by atoms with Gasteiger partial charge in [-0.2, -0.15) is 0 Å². The van der Waals surface area contributed by atoms with Crippen molar-refractivity contribution in [2.24, 2.45) is 5.92 Å². The van der Waals surface area contributed by atoms with E-state index in [9.17, 15) is 19.6 Å². The molecule has 1 aromatic rings. The van der Waals surface area contributed by atoms with E-state index in [0.717, 1.165) is 51.1 Å². The molecule has 182 valence electrons. The molecule has 1 aromatic carbocycles. The van der Waals surface area contributed by atoms with Crippen LogP contribution in [0, 0.1) is 5.92 Å². The number of likely N-dealkylation sites (tertiary alicyclic amines) is 1. The Bertz CT molecular complexity index is 795. The maximum Gasteiger partial charge on any atom is 0.247 e. The zero-order valence-electron chi connectivity index (χ0n) is 19.8. The molecule has 33 heavy (non-hydrogen) atoms. The molecule has 2 saturated heterocycles. The predicted molar refractivity (Wildman–Crippen MR) is 127 cm³/mol. The Morgan fingerprint density at radius 1 is 1.18 bits per heavy atom. The van der Waals surface area contributed by atoms with Gasteiger partial charge in [-0.15, -0.1) is 0 Å². The summed E-state index contributed by atoms with van der Waals surface area (Å²) in [7, 11) is 2.13. The Balaban J connectivity index is 1.61. The molecule has 0 unspecified atom stereocenters. The second-order valence-electron chi connectivity index (χ2n) is 9.08. The molecule has 0 spiro atoms. The second kappa shape index (κ2) is 12.0. The first-order chi connectivity index (χ1) is 15.9. The molecule has 2 atom stereocenters. The minimum atomic E-state index is -0.540. The molecular formula is C24H37N5O4. The SMILES string of the molecule is CCCC[C@H](CN(O)C=O)C(=O)N1CCC[C@H]1C(=O)Nc1ccc(N2CCN(C)CC2)cc1. The van der Waals surface area contributed by atoms with E-state index in [4.69, 9.17) is 0 Å². The highest BCUT2D eigenvalue weighted by molar-refractivity contribution is 5.98. The average molecular weight is 460 g/mol. The quantitative estimate of drug-likeness (QED) is 0.316. The summed E-state index contributed by atoms with van der Waals surface area (Å²) in [5.74, 6) is -0.887. The summed E-state index contributed by atoms with van der Waals surface area (Å²) in [5.41, 5.74) is 1.85. The van der Waals surface area contributed by atoms with Crippen molar-refractivity contribution in [2.45, 2.75) is 45.1 Å². The molecule has 2 aliphatic rings. The number of piperazine rings is 1. The van der Waals surface area contributed by atoms with Gasteiger partial charge in [0.15, 0.2) is 0 Å². The molecule has 3 amide bonds. The van der Waals surface area contributed by atoms with Gasteiger partial charge in [0.2, 0.25) is 18.2 Å². The van der Waals surface area contributed by atoms with E-state index in [1.54, 1.807) is 4.90 Å². The van der Waals surface area contributed by atoms with Crippen molar-refractivity contribution in [3.8, 4) is 0 Å². The first-order valence-corrected chi connectivity index (χ1v) is 12.0. The molecule has 3 rings (SSSR count). The molecule has 9 heteroatoms. The van der Waals surface area contributed by atoms with Crippen molar-refractivity contribution in [2.75, 3.05) is 56.5 Å². The molecule has 0 radical (unpaired) electrons. The highest BCUT2D eigenvalue weighted by atomic mass is 16.5. The lowest BCUT2D eigenvalue weighted by atomic mass is 9.99.